The van der Waals surface area contributed by atoms with Crippen LogP contribution in [0.2, 0.25) is 0 Å². The Morgan fingerprint density at radius 1 is 1.00 bits per heavy atom. The summed E-state index contributed by atoms with van der Waals surface area (Å²) < 4.78 is 5.70. The van der Waals surface area contributed by atoms with Gasteiger partial charge in [-0.15, -0.1) is 0 Å². The summed E-state index contributed by atoms with van der Waals surface area (Å²) in [7, 11) is 2.06. The number of nitrogens with zero attached hydrogens (tertiary/aromatic N) is 1. The topological polar surface area (TPSA) is 38.5 Å². The Morgan fingerprint density at radius 2 is 1.68 bits per heavy atom. The zero-order chi connectivity index (χ0) is 13.5. The average Bonchev–Trinajstić information content (AvgIpc) is 2.48. The fraction of sp³-hybridized carbons (Fsp3) is 0.250. The van der Waals surface area contributed by atoms with E-state index in [-0.39, 0.29) is 0 Å². The zero-order valence-corrected chi connectivity index (χ0v) is 11.3. The maximum absolute atomic E-state index is 5.75. The molecule has 2 aromatic carbocycles. The lowest BCUT2D eigenvalue weighted by molar-refractivity contribution is 0.326. The van der Waals surface area contributed by atoms with E-state index >= 15 is 0 Å². The second-order valence-corrected chi connectivity index (χ2v) is 4.42. The van der Waals surface area contributed by atoms with Crippen molar-refractivity contribution in [3.63, 3.8) is 0 Å². The molecule has 0 amide bonds. The fourth-order valence-corrected chi connectivity index (χ4v) is 1.99. The van der Waals surface area contributed by atoms with Crippen LogP contribution in [0.15, 0.2) is 54.6 Å². The minimum Gasteiger partial charge on any atom is -0.492 e. The van der Waals surface area contributed by atoms with E-state index < -0.39 is 0 Å². The van der Waals surface area contributed by atoms with E-state index in [1.807, 2.05) is 42.5 Å². The fourth-order valence-electron chi connectivity index (χ4n) is 1.99. The monoisotopic (exact) mass is 256 g/mol. The van der Waals surface area contributed by atoms with Gasteiger partial charge in [-0.1, -0.05) is 36.4 Å². The predicted molar refractivity (Wildman–Crippen MR) is 79.5 cm³/mol. The van der Waals surface area contributed by atoms with Crippen LogP contribution in [0.3, 0.4) is 0 Å². The standard InChI is InChI=1S/C16H20N2O/c1-18(16-10-6-5-7-14(16)13-17)11-12-19-15-8-3-2-4-9-15/h2-10H,11-13,17H2,1H3. The van der Waals surface area contributed by atoms with Crippen LogP contribution in [0, 0.1) is 0 Å². The second kappa shape index (κ2) is 6.81. The first kappa shape index (κ1) is 13.4. The number of hydrogen-bond donors (Lipinski definition) is 1. The number of anilines is 1. The lowest BCUT2D eigenvalue weighted by Gasteiger charge is -2.22. The molecule has 0 bridgehead atoms. The summed E-state index contributed by atoms with van der Waals surface area (Å²) in [6.07, 6.45) is 0. The van der Waals surface area contributed by atoms with Gasteiger partial charge in [0.1, 0.15) is 12.4 Å². The summed E-state index contributed by atoms with van der Waals surface area (Å²) in [5.74, 6) is 0.906. The largest absolute Gasteiger partial charge is 0.492 e. The highest BCUT2D eigenvalue weighted by Crippen LogP contribution is 2.18. The lowest BCUT2D eigenvalue weighted by atomic mass is 10.1. The first-order valence-corrected chi connectivity index (χ1v) is 6.48. The van der Waals surface area contributed by atoms with Gasteiger partial charge < -0.3 is 15.4 Å². The van der Waals surface area contributed by atoms with Crippen molar-refractivity contribution in [2.45, 2.75) is 6.54 Å². The van der Waals surface area contributed by atoms with Crippen molar-refractivity contribution < 1.29 is 4.74 Å². The molecular formula is C16H20N2O. The molecule has 0 atom stereocenters. The summed E-state index contributed by atoms with van der Waals surface area (Å²) in [5.41, 5.74) is 8.08. The van der Waals surface area contributed by atoms with Crippen molar-refractivity contribution in [1.29, 1.82) is 0 Å². The van der Waals surface area contributed by atoms with Crippen molar-refractivity contribution in [2.24, 2.45) is 5.73 Å². The highest BCUT2D eigenvalue weighted by molar-refractivity contribution is 5.52. The number of benzene rings is 2. The molecule has 0 aromatic heterocycles. The molecule has 0 unspecified atom stereocenters. The molecule has 19 heavy (non-hydrogen) atoms. The number of ether oxygens (including phenoxy) is 1. The normalized spacial score (nSPS) is 10.2. The SMILES string of the molecule is CN(CCOc1ccccc1)c1ccccc1CN. The van der Waals surface area contributed by atoms with Crippen LogP contribution in [0.5, 0.6) is 5.75 Å². The predicted octanol–water partition coefficient (Wildman–Crippen LogP) is 2.66. The van der Waals surface area contributed by atoms with Gasteiger partial charge in [0.25, 0.3) is 0 Å². The van der Waals surface area contributed by atoms with Crippen LogP contribution in [-0.4, -0.2) is 20.2 Å². The zero-order valence-electron chi connectivity index (χ0n) is 11.3. The molecule has 0 saturated carbocycles. The summed E-state index contributed by atoms with van der Waals surface area (Å²) in [6.45, 7) is 2.03. The molecule has 0 aliphatic rings. The van der Waals surface area contributed by atoms with Gasteiger partial charge in [-0.25, -0.2) is 0 Å². The molecule has 0 radical (unpaired) electrons. The molecule has 0 fully saturated rings. The first-order chi connectivity index (χ1) is 9.31. The van der Waals surface area contributed by atoms with Crippen LogP contribution in [0.1, 0.15) is 5.56 Å². The van der Waals surface area contributed by atoms with Gasteiger partial charge in [-0.2, -0.15) is 0 Å². The van der Waals surface area contributed by atoms with Gasteiger partial charge in [-0.3, -0.25) is 0 Å². The molecule has 0 aliphatic heterocycles. The van der Waals surface area contributed by atoms with E-state index in [4.69, 9.17) is 10.5 Å². The smallest absolute Gasteiger partial charge is 0.119 e. The second-order valence-electron chi connectivity index (χ2n) is 4.42. The third-order valence-corrected chi connectivity index (χ3v) is 3.06. The Bertz CT molecular complexity index is 499. The minimum atomic E-state index is 0.556. The van der Waals surface area contributed by atoms with Gasteiger partial charge in [-0.05, 0) is 23.8 Å². The molecule has 3 heteroatoms. The van der Waals surface area contributed by atoms with Gasteiger partial charge in [0.2, 0.25) is 0 Å². The highest BCUT2D eigenvalue weighted by atomic mass is 16.5. The molecule has 2 rings (SSSR count). The number of rotatable bonds is 6. The number of para-hydroxylation sites is 2. The van der Waals surface area contributed by atoms with E-state index in [9.17, 15) is 0 Å². The Hall–Kier alpha value is -2.00. The van der Waals surface area contributed by atoms with Crippen molar-refractivity contribution in [1.82, 2.24) is 0 Å². The van der Waals surface area contributed by atoms with Crippen LogP contribution in [-0.2, 0) is 6.54 Å². The maximum Gasteiger partial charge on any atom is 0.119 e. The average molecular weight is 256 g/mol. The van der Waals surface area contributed by atoms with E-state index in [1.54, 1.807) is 0 Å². The molecule has 0 spiro atoms. The molecule has 3 nitrogen and oxygen atoms in total. The maximum atomic E-state index is 5.75. The Balaban J connectivity index is 1.89. The van der Waals surface area contributed by atoms with Gasteiger partial charge in [0.15, 0.2) is 0 Å². The third kappa shape index (κ3) is 3.73. The van der Waals surface area contributed by atoms with E-state index in [0.717, 1.165) is 17.9 Å². The summed E-state index contributed by atoms with van der Waals surface area (Å²) in [6, 6.07) is 18.1. The minimum absolute atomic E-state index is 0.556. The molecule has 0 saturated heterocycles. The molecular weight excluding hydrogens is 236 g/mol. The van der Waals surface area contributed by atoms with E-state index in [0.29, 0.717) is 13.2 Å². The Labute approximate surface area is 114 Å². The van der Waals surface area contributed by atoms with Crippen LogP contribution < -0.4 is 15.4 Å². The quantitative estimate of drug-likeness (QED) is 0.863. The highest BCUT2D eigenvalue weighted by Gasteiger charge is 2.05. The number of hydrogen-bond acceptors (Lipinski definition) is 3. The van der Waals surface area contributed by atoms with Crippen molar-refractivity contribution in [2.75, 3.05) is 25.1 Å². The lowest BCUT2D eigenvalue weighted by Crippen LogP contribution is -2.25. The van der Waals surface area contributed by atoms with Gasteiger partial charge in [0.05, 0.1) is 6.54 Å². The summed E-state index contributed by atoms with van der Waals surface area (Å²) in [5, 5.41) is 0. The van der Waals surface area contributed by atoms with E-state index in [2.05, 4.69) is 24.1 Å². The van der Waals surface area contributed by atoms with Gasteiger partial charge >= 0.3 is 0 Å². The van der Waals surface area contributed by atoms with Crippen LogP contribution in [0.25, 0.3) is 0 Å². The molecule has 0 aliphatic carbocycles. The summed E-state index contributed by atoms with van der Waals surface area (Å²) in [4.78, 5) is 2.17. The molecule has 0 heterocycles. The molecule has 100 valence electrons. The molecule has 2 N–H and O–H groups in total. The number of nitrogens with two attached hydrogens (primary N) is 1. The van der Waals surface area contributed by atoms with Crippen molar-refractivity contribution in [3.05, 3.63) is 60.2 Å². The van der Waals surface area contributed by atoms with Crippen LogP contribution >= 0.6 is 0 Å². The van der Waals surface area contributed by atoms with Crippen molar-refractivity contribution in [3.8, 4) is 5.75 Å². The Morgan fingerprint density at radius 3 is 2.42 bits per heavy atom. The first-order valence-electron chi connectivity index (χ1n) is 6.48. The summed E-state index contributed by atoms with van der Waals surface area (Å²) >= 11 is 0. The third-order valence-electron chi connectivity index (χ3n) is 3.06. The van der Waals surface area contributed by atoms with Crippen LogP contribution in [0.4, 0.5) is 5.69 Å². The van der Waals surface area contributed by atoms with Crippen molar-refractivity contribution >= 4 is 5.69 Å². The molecule has 2 aromatic rings. The van der Waals surface area contributed by atoms with E-state index in [1.165, 1.54) is 5.69 Å². The Kier molecular flexibility index (Phi) is 4.81. The number of likely N-dealkylation sites (N-methyl/N-ethyl adjacent to an activating group) is 1. The van der Waals surface area contributed by atoms with Gasteiger partial charge in [0, 0.05) is 19.3 Å².